The summed E-state index contributed by atoms with van der Waals surface area (Å²) in [5.74, 6) is -1.20. The molecule has 0 aliphatic heterocycles. The molecule has 7 nitrogen and oxygen atoms in total. The second kappa shape index (κ2) is 11.0. The number of carboxylic acids is 1. The van der Waals surface area contributed by atoms with Gasteiger partial charge in [0, 0.05) is 18.9 Å². The van der Waals surface area contributed by atoms with Gasteiger partial charge in [0.15, 0.2) is 0 Å². The molecule has 1 aliphatic rings. The summed E-state index contributed by atoms with van der Waals surface area (Å²) >= 11 is 0. The van der Waals surface area contributed by atoms with Crippen molar-refractivity contribution in [2.45, 2.75) is 57.4 Å². The summed E-state index contributed by atoms with van der Waals surface area (Å²) in [4.78, 5) is 36.1. The lowest BCUT2D eigenvalue weighted by atomic mass is 9.95. The van der Waals surface area contributed by atoms with Crippen molar-refractivity contribution in [3.63, 3.8) is 0 Å². The monoisotopic (exact) mass is 452 g/mol. The molecule has 1 aliphatic carbocycles. The average Bonchev–Trinajstić information content (AvgIpc) is 3.11. The third-order valence-corrected chi connectivity index (χ3v) is 6.08. The summed E-state index contributed by atoms with van der Waals surface area (Å²) in [7, 11) is 0. The Morgan fingerprint density at radius 2 is 1.61 bits per heavy atom. The number of ether oxygens (including phenoxy) is 1. The van der Waals surface area contributed by atoms with E-state index in [-0.39, 0.29) is 24.9 Å². The molecule has 1 unspecified atom stereocenters. The number of rotatable bonds is 11. The van der Waals surface area contributed by atoms with Crippen molar-refractivity contribution in [1.29, 1.82) is 0 Å². The SMILES string of the molecule is CCCC(C)(NC(=O)OCC1c2ccccc2-c2ccccc21)C(=O)NCCCCC(=O)O. The maximum atomic E-state index is 12.8. The third-order valence-electron chi connectivity index (χ3n) is 6.08. The summed E-state index contributed by atoms with van der Waals surface area (Å²) in [6.07, 6.45) is 1.64. The van der Waals surface area contributed by atoms with E-state index in [9.17, 15) is 14.4 Å². The normalized spacial score (nSPS) is 14.0. The fourth-order valence-electron chi connectivity index (χ4n) is 4.39. The quantitative estimate of drug-likeness (QED) is 0.437. The predicted octanol–water partition coefficient (Wildman–Crippen LogP) is 4.46. The number of carbonyl (C=O) groups is 3. The molecule has 2 amide bonds. The fraction of sp³-hybridized carbons (Fsp3) is 0.423. The molecule has 1 atom stereocenters. The molecule has 0 radical (unpaired) electrons. The first-order chi connectivity index (χ1) is 15.9. The van der Waals surface area contributed by atoms with Crippen LogP contribution in [0.3, 0.4) is 0 Å². The first-order valence-corrected chi connectivity index (χ1v) is 11.5. The number of fused-ring (bicyclic) bond motifs is 3. The van der Waals surface area contributed by atoms with E-state index in [1.807, 2.05) is 31.2 Å². The minimum absolute atomic E-state index is 0.0522. The largest absolute Gasteiger partial charge is 0.481 e. The highest BCUT2D eigenvalue weighted by molar-refractivity contribution is 5.89. The highest BCUT2D eigenvalue weighted by Crippen LogP contribution is 2.44. The number of carboxylic acid groups (broad SMARTS) is 1. The standard InChI is InChI=1S/C26H32N2O5/c1-3-15-26(2,24(31)27-16-9-8-14-23(29)30)28-25(32)33-17-22-20-12-6-4-10-18(20)19-11-5-7-13-21(19)22/h4-7,10-13,22H,3,8-9,14-17H2,1-2H3,(H,27,31)(H,28,32)(H,29,30). The van der Waals surface area contributed by atoms with Gasteiger partial charge in [-0.2, -0.15) is 0 Å². The lowest BCUT2D eigenvalue weighted by Crippen LogP contribution is -2.57. The van der Waals surface area contributed by atoms with Crippen LogP contribution in [-0.2, 0) is 14.3 Å². The van der Waals surface area contributed by atoms with Gasteiger partial charge < -0.3 is 20.5 Å². The van der Waals surface area contributed by atoms with Crippen LogP contribution in [-0.4, -0.2) is 41.8 Å². The molecule has 0 heterocycles. The molecular weight excluding hydrogens is 420 g/mol. The van der Waals surface area contributed by atoms with Crippen molar-refractivity contribution in [3.8, 4) is 11.1 Å². The Bertz CT molecular complexity index is 960. The molecule has 0 saturated carbocycles. The van der Waals surface area contributed by atoms with Crippen LogP contribution in [0.5, 0.6) is 0 Å². The molecule has 0 fully saturated rings. The lowest BCUT2D eigenvalue weighted by Gasteiger charge is -2.29. The van der Waals surface area contributed by atoms with Crippen LogP contribution < -0.4 is 10.6 Å². The van der Waals surface area contributed by atoms with Gasteiger partial charge in [0.2, 0.25) is 5.91 Å². The number of carbonyl (C=O) groups excluding carboxylic acids is 2. The van der Waals surface area contributed by atoms with Crippen LogP contribution in [0.25, 0.3) is 11.1 Å². The third kappa shape index (κ3) is 5.92. The molecule has 0 aromatic heterocycles. The van der Waals surface area contributed by atoms with Crippen LogP contribution >= 0.6 is 0 Å². The Hall–Kier alpha value is -3.35. The number of aliphatic carboxylic acids is 1. The van der Waals surface area contributed by atoms with Crippen LogP contribution in [0, 0.1) is 0 Å². The van der Waals surface area contributed by atoms with E-state index in [0.717, 1.165) is 22.3 Å². The van der Waals surface area contributed by atoms with Gasteiger partial charge in [-0.1, -0.05) is 61.9 Å². The molecule has 2 aromatic carbocycles. The number of benzene rings is 2. The van der Waals surface area contributed by atoms with Gasteiger partial charge in [-0.3, -0.25) is 9.59 Å². The summed E-state index contributed by atoms with van der Waals surface area (Å²) in [6.45, 7) is 4.17. The van der Waals surface area contributed by atoms with Gasteiger partial charge in [-0.15, -0.1) is 0 Å². The van der Waals surface area contributed by atoms with Crippen molar-refractivity contribution in [2.24, 2.45) is 0 Å². The second-order valence-corrected chi connectivity index (χ2v) is 8.64. The van der Waals surface area contributed by atoms with E-state index in [0.29, 0.717) is 32.2 Å². The zero-order chi connectivity index (χ0) is 23.8. The zero-order valence-corrected chi connectivity index (χ0v) is 19.2. The van der Waals surface area contributed by atoms with E-state index in [2.05, 4.69) is 34.9 Å². The molecular formula is C26H32N2O5. The average molecular weight is 453 g/mol. The lowest BCUT2D eigenvalue weighted by molar-refractivity contribution is -0.137. The number of hydrogen-bond donors (Lipinski definition) is 3. The Balaban J connectivity index is 1.59. The summed E-state index contributed by atoms with van der Waals surface area (Å²) in [6, 6.07) is 16.2. The number of unbranched alkanes of at least 4 members (excludes halogenated alkanes) is 1. The minimum Gasteiger partial charge on any atom is -0.481 e. The van der Waals surface area contributed by atoms with Crippen molar-refractivity contribution < 1.29 is 24.2 Å². The van der Waals surface area contributed by atoms with E-state index in [4.69, 9.17) is 9.84 Å². The van der Waals surface area contributed by atoms with Crippen LogP contribution in [0.1, 0.15) is 63.0 Å². The molecule has 0 saturated heterocycles. The molecule has 176 valence electrons. The minimum atomic E-state index is -1.11. The zero-order valence-electron chi connectivity index (χ0n) is 19.2. The van der Waals surface area contributed by atoms with Gasteiger partial charge >= 0.3 is 12.1 Å². The number of nitrogens with one attached hydrogen (secondary N) is 2. The first kappa shape index (κ1) is 24.3. The Morgan fingerprint density at radius 3 is 2.18 bits per heavy atom. The van der Waals surface area contributed by atoms with Gasteiger partial charge in [-0.25, -0.2) is 4.79 Å². The molecule has 7 heteroatoms. The highest BCUT2D eigenvalue weighted by atomic mass is 16.5. The molecule has 2 aromatic rings. The molecule has 3 rings (SSSR count). The summed E-state index contributed by atoms with van der Waals surface area (Å²) in [5, 5.41) is 14.3. The fourth-order valence-corrected chi connectivity index (χ4v) is 4.39. The summed E-state index contributed by atoms with van der Waals surface area (Å²) < 4.78 is 5.61. The predicted molar refractivity (Wildman–Crippen MR) is 126 cm³/mol. The topological polar surface area (TPSA) is 105 Å². The van der Waals surface area contributed by atoms with Crippen LogP contribution in [0.4, 0.5) is 4.79 Å². The Kier molecular flexibility index (Phi) is 8.09. The van der Waals surface area contributed by atoms with Gasteiger partial charge in [0.1, 0.15) is 12.1 Å². The Morgan fingerprint density at radius 1 is 1.00 bits per heavy atom. The molecule has 0 bridgehead atoms. The first-order valence-electron chi connectivity index (χ1n) is 11.5. The van der Waals surface area contributed by atoms with E-state index in [1.54, 1.807) is 6.92 Å². The van der Waals surface area contributed by atoms with Gasteiger partial charge in [0.05, 0.1) is 0 Å². The van der Waals surface area contributed by atoms with Crippen LogP contribution in [0.2, 0.25) is 0 Å². The van der Waals surface area contributed by atoms with Crippen molar-refractivity contribution in [3.05, 3.63) is 59.7 Å². The van der Waals surface area contributed by atoms with Crippen LogP contribution in [0.15, 0.2) is 48.5 Å². The van der Waals surface area contributed by atoms with E-state index >= 15 is 0 Å². The number of alkyl carbamates (subject to hydrolysis) is 1. The van der Waals surface area contributed by atoms with Crippen molar-refractivity contribution in [1.82, 2.24) is 10.6 Å². The van der Waals surface area contributed by atoms with E-state index in [1.165, 1.54) is 0 Å². The van der Waals surface area contributed by atoms with Crippen molar-refractivity contribution >= 4 is 18.0 Å². The van der Waals surface area contributed by atoms with Gasteiger partial charge in [-0.05, 0) is 48.4 Å². The summed E-state index contributed by atoms with van der Waals surface area (Å²) in [5.41, 5.74) is 3.45. The molecule has 33 heavy (non-hydrogen) atoms. The van der Waals surface area contributed by atoms with Crippen molar-refractivity contribution in [2.75, 3.05) is 13.2 Å². The number of amides is 2. The van der Waals surface area contributed by atoms with E-state index < -0.39 is 17.6 Å². The number of hydrogen-bond acceptors (Lipinski definition) is 4. The second-order valence-electron chi connectivity index (χ2n) is 8.64. The highest BCUT2D eigenvalue weighted by Gasteiger charge is 2.35. The maximum Gasteiger partial charge on any atom is 0.408 e. The van der Waals surface area contributed by atoms with Gasteiger partial charge in [0.25, 0.3) is 0 Å². The maximum absolute atomic E-state index is 12.8. The smallest absolute Gasteiger partial charge is 0.408 e. The Labute approximate surface area is 194 Å². The molecule has 0 spiro atoms. The molecule has 3 N–H and O–H groups in total.